The fourth-order valence-corrected chi connectivity index (χ4v) is 2.20. The molecule has 0 aromatic carbocycles. The number of ether oxygens (including phenoxy) is 1. The minimum absolute atomic E-state index is 0.234. The number of carboxylic acid groups (broad SMARTS) is 1. The van der Waals surface area contributed by atoms with Crippen molar-refractivity contribution in [2.24, 2.45) is 11.0 Å². The molecule has 1 rings (SSSR count). The third-order valence-electron chi connectivity index (χ3n) is 3.07. The maximum Gasteiger partial charge on any atom is 0.407 e. The molecule has 1 aliphatic carbocycles. The Kier molecular flexibility index (Phi) is 5.21. The van der Waals surface area contributed by atoms with Crippen molar-refractivity contribution in [3.63, 3.8) is 0 Å². The van der Waals surface area contributed by atoms with Crippen molar-refractivity contribution in [1.82, 2.24) is 5.32 Å². The number of carboxylic acids is 1. The number of azide groups is 1. The average molecular weight is 284 g/mol. The summed E-state index contributed by atoms with van der Waals surface area (Å²) in [6, 6.07) is -0.960. The van der Waals surface area contributed by atoms with E-state index in [9.17, 15) is 9.59 Å². The number of aliphatic carboxylic acids is 1. The lowest BCUT2D eigenvalue weighted by atomic mass is 9.83. The molecular formula is C12H20N4O4. The second-order valence-corrected chi connectivity index (χ2v) is 5.87. The van der Waals surface area contributed by atoms with Crippen LogP contribution in [0.1, 0.15) is 40.0 Å². The molecule has 1 amide bonds. The van der Waals surface area contributed by atoms with Gasteiger partial charge in [-0.05, 0) is 45.6 Å². The molecule has 1 fully saturated rings. The van der Waals surface area contributed by atoms with Crippen LogP contribution in [-0.4, -0.2) is 34.9 Å². The Bertz CT molecular complexity index is 426. The summed E-state index contributed by atoms with van der Waals surface area (Å²) in [5, 5.41) is 15.3. The van der Waals surface area contributed by atoms with E-state index < -0.39 is 35.7 Å². The van der Waals surface area contributed by atoms with Crippen LogP contribution in [0.5, 0.6) is 0 Å². The van der Waals surface area contributed by atoms with E-state index in [4.69, 9.17) is 15.4 Å². The van der Waals surface area contributed by atoms with Crippen molar-refractivity contribution in [3.05, 3.63) is 10.4 Å². The van der Waals surface area contributed by atoms with Crippen LogP contribution in [-0.2, 0) is 9.53 Å². The molecule has 1 saturated carbocycles. The summed E-state index contributed by atoms with van der Waals surface area (Å²) in [5.74, 6) is -1.44. The standard InChI is InChI=1S/C12H20N4O4/c1-12(2,3)20-11(19)14-9-6-7(10(17)18)4-5-8(9)15-16-13/h7-9H,4-6H2,1-3H3,(H,14,19)(H,17,18)/t7-,8+,9+/m0/s1. The van der Waals surface area contributed by atoms with Crippen molar-refractivity contribution >= 4 is 12.1 Å². The lowest BCUT2D eigenvalue weighted by Gasteiger charge is -2.33. The van der Waals surface area contributed by atoms with Gasteiger partial charge in [0.15, 0.2) is 0 Å². The fraction of sp³-hybridized carbons (Fsp3) is 0.833. The molecule has 3 atom stereocenters. The Balaban J connectivity index is 2.71. The van der Waals surface area contributed by atoms with Crippen molar-refractivity contribution in [3.8, 4) is 0 Å². The molecule has 0 bridgehead atoms. The fourth-order valence-electron chi connectivity index (χ4n) is 2.20. The highest BCUT2D eigenvalue weighted by Crippen LogP contribution is 2.27. The number of rotatable bonds is 3. The van der Waals surface area contributed by atoms with Crippen LogP contribution < -0.4 is 5.32 Å². The third-order valence-corrected chi connectivity index (χ3v) is 3.07. The second kappa shape index (κ2) is 6.47. The van der Waals surface area contributed by atoms with Gasteiger partial charge >= 0.3 is 12.1 Å². The topological polar surface area (TPSA) is 124 Å². The Labute approximate surface area is 117 Å². The molecule has 20 heavy (non-hydrogen) atoms. The van der Waals surface area contributed by atoms with E-state index in [0.717, 1.165) is 0 Å². The molecule has 2 N–H and O–H groups in total. The van der Waals surface area contributed by atoms with E-state index >= 15 is 0 Å². The number of nitrogens with one attached hydrogen (secondary N) is 1. The van der Waals surface area contributed by atoms with E-state index in [1.165, 1.54) is 0 Å². The maximum absolute atomic E-state index is 11.7. The molecule has 0 unspecified atom stereocenters. The van der Waals surface area contributed by atoms with Gasteiger partial charge in [0.25, 0.3) is 0 Å². The van der Waals surface area contributed by atoms with Crippen LogP contribution in [0.15, 0.2) is 5.11 Å². The van der Waals surface area contributed by atoms with Gasteiger partial charge in [-0.2, -0.15) is 0 Å². The molecule has 112 valence electrons. The second-order valence-electron chi connectivity index (χ2n) is 5.87. The van der Waals surface area contributed by atoms with Gasteiger partial charge in [-0.3, -0.25) is 4.79 Å². The normalized spacial score (nSPS) is 26.2. The van der Waals surface area contributed by atoms with Crippen LogP contribution in [0.25, 0.3) is 10.4 Å². The van der Waals surface area contributed by atoms with E-state index in [-0.39, 0.29) is 6.42 Å². The molecule has 0 radical (unpaired) electrons. The van der Waals surface area contributed by atoms with Gasteiger partial charge in [0, 0.05) is 11.0 Å². The third kappa shape index (κ3) is 4.97. The number of amides is 1. The molecule has 0 heterocycles. The van der Waals surface area contributed by atoms with Gasteiger partial charge in [-0.15, -0.1) is 0 Å². The summed E-state index contributed by atoms with van der Waals surface area (Å²) >= 11 is 0. The average Bonchev–Trinajstić information content (AvgIpc) is 2.28. The zero-order valence-electron chi connectivity index (χ0n) is 11.9. The summed E-state index contributed by atoms with van der Waals surface area (Å²) in [6.07, 6.45) is 0.470. The predicted molar refractivity (Wildman–Crippen MR) is 71.1 cm³/mol. The molecule has 0 aliphatic heterocycles. The molecule has 0 aromatic rings. The van der Waals surface area contributed by atoms with Crippen LogP contribution in [0.3, 0.4) is 0 Å². The van der Waals surface area contributed by atoms with Crippen LogP contribution in [0.4, 0.5) is 4.79 Å². The van der Waals surface area contributed by atoms with E-state index in [0.29, 0.717) is 12.8 Å². The summed E-state index contributed by atoms with van der Waals surface area (Å²) in [6.45, 7) is 5.20. The largest absolute Gasteiger partial charge is 0.481 e. The Morgan fingerprint density at radius 1 is 1.40 bits per heavy atom. The van der Waals surface area contributed by atoms with Gasteiger partial charge < -0.3 is 15.2 Å². The van der Waals surface area contributed by atoms with Crippen LogP contribution in [0.2, 0.25) is 0 Å². The number of nitrogens with zero attached hydrogens (tertiary/aromatic N) is 3. The first-order valence-electron chi connectivity index (χ1n) is 6.49. The molecule has 8 heteroatoms. The predicted octanol–water partition coefficient (Wildman–Crippen LogP) is 2.44. The van der Waals surface area contributed by atoms with E-state index in [2.05, 4.69) is 15.3 Å². The van der Waals surface area contributed by atoms with Gasteiger partial charge in [-0.25, -0.2) is 4.79 Å². The lowest BCUT2D eigenvalue weighted by Crippen LogP contribution is -2.48. The molecule has 1 aliphatic rings. The maximum atomic E-state index is 11.7. The van der Waals surface area contributed by atoms with Gasteiger partial charge in [0.05, 0.1) is 12.0 Å². The highest BCUT2D eigenvalue weighted by atomic mass is 16.6. The van der Waals surface area contributed by atoms with Crippen LogP contribution >= 0.6 is 0 Å². The first-order chi connectivity index (χ1) is 9.23. The zero-order chi connectivity index (χ0) is 15.3. The van der Waals surface area contributed by atoms with Crippen molar-refractivity contribution in [1.29, 1.82) is 0 Å². The Hall–Kier alpha value is -1.95. The SMILES string of the molecule is CC(C)(C)OC(=O)N[C@@H]1C[C@@H](C(=O)O)CC[C@H]1N=[N+]=[N-]. The first-order valence-corrected chi connectivity index (χ1v) is 6.49. The lowest BCUT2D eigenvalue weighted by molar-refractivity contribution is -0.143. The van der Waals surface area contributed by atoms with E-state index in [1.54, 1.807) is 20.8 Å². The number of carbonyl (C=O) groups excluding carboxylic acids is 1. The van der Waals surface area contributed by atoms with Crippen molar-refractivity contribution < 1.29 is 19.4 Å². The summed E-state index contributed by atoms with van der Waals surface area (Å²) in [4.78, 5) is 25.5. The Morgan fingerprint density at radius 3 is 2.55 bits per heavy atom. The van der Waals surface area contributed by atoms with Crippen molar-refractivity contribution in [2.75, 3.05) is 0 Å². The monoisotopic (exact) mass is 284 g/mol. The highest BCUT2D eigenvalue weighted by molar-refractivity contribution is 5.71. The smallest absolute Gasteiger partial charge is 0.407 e. The Morgan fingerprint density at radius 2 is 2.05 bits per heavy atom. The molecule has 8 nitrogen and oxygen atoms in total. The van der Waals surface area contributed by atoms with E-state index in [1.807, 2.05) is 0 Å². The van der Waals surface area contributed by atoms with Crippen LogP contribution in [0, 0.1) is 5.92 Å². The summed E-state index contributed by atoms with van der Waals surface area (Å²) in [5.41, 5.74) is 7.89. The summed E-state index contributed by atoms with van der Waals surface area (Å²) < 4.78 is 5.13. The molecule has 0 saturated heterocycles. The van der Waals surface area contributed by atoms with Crippen molar-refractivity contribution in [2.45, 2.75) is 57.7 Å². The highest BCUT2D eigenvalue weighted by Gasteiger charge is 2.35. The van der Waals surface area contributed by atoms with Gasteiger partial charge in [0.2, 0.25) is 0 Å². The number of hydrogen-bond acceptors (Lipinski definition) is 4. The quantitative estimate of drug-likeness (QED) is 0.469. The number of hydrogen-bond donors (Lipinski definition) is 2. The van der Waals surface area contributed by atoms with Gasteiger partial charge in [-0.1, -0.05) is 5.11 Å². The first kappa shape index (κ1) is 16.1. The van der Waals surface area contributed by atoms with Gasteiger partial charge in [0.1, 0.15) is 5.60 Å². The number of carbonyl (C=O) groups is 2. The molecule has 0 aromatic heterocycles. The minimum Gasteiger partial charge on any atom is -0.481 e. The molecule has 0 spiro atoms. The zero-order valence-corrected chi connectivity index (χ0v) is 11.9. The number of alkyl carbamates (subject to hydrolysis) is 1. The minimum atomic E-state index is -0.902. The molecular weight excluding hydrogens is 264 g/mol. The summed E-state index contributed by atoms with van der Waals surface area (Å²) in [7, 11) is 0.